The Bertz CT molecular complexity index is 231. The Labute approximate surface area is 100 Å². The van der Waals surface area contributed by atoms with Gasteiger partial charge in [0.25, 0.3) is 0 Å². The van der Waals surface area contributed by atoms with E-state index in [4.69, 9.17) is 10.2 Å². The average Bonchev–Trinajstić information content (AvgIpc) is 1.79. The molecule has 0 aliphatic heterocycles. The summed E-state index contributed by atoms with van der Waals surface area (Å²) >= 11 is 0. The molecule has 0 aliphatic carbocycles. The fourth-order valence-corrected chi connectivity index (χ4v) is 0.588. The molecule has 0 rings (SSSR count). The van der Waals surface area contributed by atoms with Crippen LogP contribution in [-0.4, -0.2) is 21.8 Å². The van der Waals surface area contributed by atoms with Gasteiger partial charge >= 0.3 is 0 Å². The van der Waals surface area contributed by atoms with Crippen LogP contribution in [0.3, 0.4) is 0 Å². The van der Waals surface area contributed by atoms with E-state index in [0.29, 0.717) is 0 Å². The maximum Gasteiger partial charge on any atom is 0.155 e. The molecule has 0 fully saturated rings. The third-order valence-electron chi connectivity index (χ3n) is 0.824. The van der Waals surface area contributed by atoms with Crippen LogP contribution in [-0.2, 0) is 26.7 Å². The summed E-state index contributed by atoms with van der Waals surface area (Å²) in [5, 5.41) is 16.7. The molecule has 0 unspecified atom stereocenters. The van der Waals surface area contributed by atoms with Crippen molar-refractivity contribution in [2.45, 2.75) is 27.7 Å². The van der Waals surface area contributed by atoms with E-state index in [-0.39, 0.29) is 40.2 Å². The van der Waals surface area contributed by atoms with Gasteiger partial charge in [0, 0.05) is 29.2 Å². The zero-order valence-electron chi connectivity index (χ0n) is 9.17. The molecule has 0 spiro atoms. The summed E-state index contributed by atoms with van der Waals surface area (Å²) in [5.74, 6) is -0.125. The molecule has 0 saturated carbocycles. The van der Waals surface area contributed by atoms with Gasteiger partial charge in [0.1, 0.15) is 0 Å². The zero-order valence-corrected chi connectivity index (χ0v) is 10.1. The zero-order chi connectivity index (χ0) is 11.7. The van der Waals surface area contributed by atoms with E-state index in [1.54, 1.807) is 0 Å². The Morgan fingerprint density at radius 2 is 1.00 bits per heavy atom. The van der Waals surface area contributed by atoms with Gasteiger partial charge in [-0.15, -0.1) is 0 Å². The molecule has 91 valence electrons. The Balaban J connectivity index is -0.000000180. The topological polar surface area (TPSA) is 74.6 Å². The minimum absolute atomic E-state index is 0. The smallest absolute Gasteiger partial charge is 0.155 e. The van der Waals surface area contributed by atoms with Crippen molar-refractivity contribution in [1.29, 1.82) is 0 Å². The molecule has 5 heteroatoms. The average molecular weight is 264 g/mol. The van der Waals surface area contributed by atoms with E-state index in [1.165, 1.54) is 39.8 Å². The Hall–Kier alpha value is -1.06. The van der Waals surface area contributed by atoms with Gasteiger partial charge < -0.3 is 10.2 Å². The minimum atomic E-state index is -0.125. The van der Waals surface area contributed by atoms with Crippen LogP contribution >= 0.6 is 0 Å². The fraction of sp³-hybridized carbons (Fsp3) is 0.400. The number of aliphatic hydroxyl groups is 2. The van der Waals surface area contributed by atoms with Crippen molar-refractivity contribution in [2.24, 2.45) is 0 Å². The van der Waals surface area contributed by atoms with Crippen LogP contribution in [0, 0.1) is 0 Å². The summed E-state index contributed by atoms with van der Waals surface area (Å²) in [6.45, 7) is 5.70. The second-order valence-electron chi connectivity index (χ2n) is 2.79. The van der Waals surface area contributed by atoms with Crippen LogP contribution in [0.2, 0.25) is 0 Å². The maximum absolute atomic E-state index is 10.0. The molecular formula is C10H16CuO4. The van der Waals surface area contributed by atoms with Crippen molar-refractivity contribution in [3.8, 4) is 0 Å². The summed E-state index contributed by atoms with van der Waals surface area (Å²) in [6.07, 6.45) is 2.33. The Morgan fingerprint density at radius 3 is 1.00 bits per heavy atom. The second kappa shape index (κ2) is 11.0. The van der Waals surface area contributed by atoms with Crippen LogP contribution in [0.4, 0.5) is 0 Å². The fourth-order valence-electron chi connectivity index (χ4n) is 0.588. The van der Waals surface area contributed by atoms with E-state index in [1.807, 2.05) is 0 Å². The van der Waals surface area contributed by atoms with Gasteiger partial charge in [0.2, 0.25) is 0 Å². The number of hydrogen-bond donors (Lipinski definition) is 2. The third-order valence-corrected chi connectivity index (χ3v) is 0.824. The first-order valence-corrected chi connectivity index (χ1v) is 4.01. The van der Waals surface area contributed by atoms with E-state index >= 15 is 0 Å². The van der Waals surface area contributed by atoms with Crippen LogP contribution in [0.5, 0.6) is 0 Å². The number of hydrogen-bond acceptors (Lipinski definition) is 4. The Kier molecular flexibility index (Phi) is 14.3. The van der Waals surface area contributed by atoms with Gasteiger partial charge in [-0.1, -0.05) is 0 Å². The normalized spacial score (nSPS) is 10.7. The third kappa shape index (κ3) is 32.2. The van der Waals surface area contributed by atoms with Crippen LogP contribution in [0.25, 0.3) is 0 Å². The van der Waals surface area contributed by atoms with Crippen molar-refractivity contribution in [2.75, 3.05) is 0 Å². The van der Waals surface area contributed by atoms with Crippen molar-refractivity contribution in [3.05, 3.63) is 23.7 Å². The second-order valence-corrected chi connectivity index (χ2v) is 2.79. The van der Waals surface area contributed by atoms with Crippen LogP contribution in [0.15, 0.2) is 23.7 Å². The molecule has 0 heterocycles. The van der Waals surface area contributed by atoms with E-state index < -0.39 is 0 Å². The van der Waals surface area contributed by atoms with Crippen LogP contribution in [0.1, 0.15) is 27.7 Å². The molecule has 0 bridgehead atoms. The van der Waals surface area contributed by atoms with Gasteiger partial charge in [-0.2, -0.15) is 0 Å². The molecule has 0 aliphatic rings. The van der Waals surface area contributed by atoms with E-state index in [9.17, 15) is 9.59 Å². The summed E-state index contributed by atoms with van der Waals surface area (Å²) in [7, 11) is 0. The molecule has 0 aromatic rings. The molecule has 0 aromatic carbocycles. The predicted molar refractivity (Wildman–Crippen MR) is 54.1 cm³/mol. The Morgan fingerprint density at radius 1 is 0.800 bits per heavy atom. The first kappa shape index (κ1) is 19.5. The molecule has 0 aromatic heterocycles. The summed E-state index contributed by atoms with van der Waals surface area (Å²) in [4.78, 5) is 20.0. The molecule has 2 N–H and O–H groups in total. The van der Waals surface area contributed by atoms with Gasteiger partial charge in [0.15, 0.2) is 11.6 Å². The number of carbonyl (C=O) groups is 2. The number of rotatable bonds is 2. The van der Waals surface area contributed by atoms with Gasteiger partial charge in [0.05, 0.1) is 11.5 Å². The number of ketones is 2. The van der Waals surface area contributed by atoms with Crippen molar-refractivity contribution in [1.82, 2.24) is 0 Å². The van der Waals surface area contributed by atoms with Gasteiger partial charge in [-0.25, -0.2) is 0 Å². The van der Waals surface area contributed by atoms with E-state index in [2.05, 4.69) is 0 Å². The SMILES string of the molecule is CC(=O)/C=C(/C)O.CC(=O)/C=C(\C)O.[Cu]. The monoisotopic (exact) mass is 263 g/mol. The summed E-state index contributed by atoms with van der Waals surface area (Å²) in [5.41, 5.74) is 0. The molecular weight excluding hydrogens is 248 g/mol. The van der Waals surface area contributed by atoms with Crippen molar-refractivity contribution in [3.63, 3.8) is 0 Å². The molecule has 4 nitrogen and oxygen atoms in total. The standard InChI is InChI=1S/2C5H8O2.Cu/c2*1-4(6)3-5(2)7;/h2*3,6H,1-2H3;/b4-3+;4-3-;. The van der Waals surface area contributed by atoms with Crippen molar-refractivity contribution >= 4 is 11.6 Å². The predicted octanol–water partition coefficient (Wildman–Crippen LogP) is 2.07. The molecule has 15 heavy (non-hydrogen) atoms. The first-order chi connectivity index (χ1) is 6.25. The summed E-state index contributed by atoms with van der Waals surface area (Å²) in [6, 6.07) is 0. The van der Waals surface area contributed by atoms with Crippen LogP contribution < -0.4 is 0 Å². The largest absolute Gasteiger partial charge is 0.512 e. The van der Waals surface area contributed by atoms with E-state index in [0.717, 1.165) is 0 Å². The molecule has 0 amide bonds. The molecule has 0 saturated heterocycles. The number of allylic oxidation sites excluding steroid dienone is 4. The number of carbonyl (C=O) groups excluding carboxylic acids is 2. The van der Waals surface area contributed by atoms with Crippen molar-refractivity contribution < 1.29 is 36.9 Å². The quantitative estimate of drug-likeness (QED) is 0.454. The number of aliphatic hydroxyl groups excluding tert-OH is 2. The van der Waals surface area contributed by atoms with Gasteiger partial charge in [-0.3, -0.25) is 9.59 Å². The summed E-state index contributed by atoms with van der Waals surface area (Å²) < 4.78 is 0. The maximum atomic E-state index is 10.0. The van der Waals surface area contributed by atoms with Gasteiger partial charge in [-0.05, 0) is 27.7 Å². The first-order valence-electron chi connectivity index (χ1n) is 4.01. The minimum Gasteiger partial charge on any atom is -0.512 e. The molecule has 0 atom stereocenters. The molecule has 1 radical (unpaired) electrons.